The van der Waals surface area contributed by atoms with E-state index >= 15 is 0 Å². The van der Waals surface area contributed by atoms with Crippen LogP contribution in [-0.2, 0) is 26.2 Å². The van der Waals surface area contributed by atoms with Crippen LogP contribution >= 0.6 is 0 Å². The SMILES string of the molecule is CCCCNC(=O)C(CC)N(Cc1ccc(C)cc1)C(=O)CN(c1c(C)cccc1C)S(C)(=O)=O. The molecule has 7 nitrogen and oxygen atoms in total. The van der Waals surface area contributed by atoms with Crippen molar-refractivity contribution in [3.8, 4) is 0 Å². The molecule has 1 N–H and O–H groups in total. The van der Waals surface area contributed by atoms with Gasteiger partial charge in [-0.15, -0.1) is 0 Å². The molecule has 2 aromatic rings. The first kappa shape index (κ1) is 28.4. The van der Waals surface area contributed by atoms with E-state index in [0.717, 1.165) is 45.7 Å². The molecular weight excluding hydrogens is 462 g/mol. The smallest absolute Gasteiger partial charge is 0.244 e. The predicted octanol–water partition coefficient (Wildman–Crippen LogP) is 4.10. The molecule has 35 heavy (non-hydrogen) atoms. The number of nitrogens with one attached hydrogen (secondary N) is 1. The fourth-order valence-electron chi connectivity index (χ4n) is 4.09. The molecular formula is C27H39N3O4S. The van der Waals surface area contributed by atoms with Crippen LogP contribution in [0.25, 0.3) is 0 Å². The number of carbonyl (C=O) groups excluding carboxylic acids is 2. The van der Waals surface area contributed by atoms with Gasteiger partial charge in [0.05, 0.1) is 11.9 Å². The molecule has 0 aliphatic carbocycles. The lowest BCUT2D eigenvalue weighted by molar-refractivity contribution is -0.140. The van der Waals surface area contributed by atoms with Crippen LogP contribution in [0.3, 0.4) is 0 Å². The summed E-state index contributed by atoms with van der Waals surface area (Å²) >= 11 is 0. The number of hydrogen-bond donors (Lipinski definition) is 1. The highest BCUT2D eigenvalue weighted by Crippen LogP contribution is 2.27. The van der Waals surface area contributed by atoms with E-state index < -0.39 is 22.0 Å². The number of sulfonamides is 1. The number of anilines is 1. The average Bonchev–Trinajstić information content (AvgIpc) is 2.78. The lowest BCUT2D eigenvalue weighted by atomic mass is 10.1. The molecule has 8 heteroatoms. The summed E-state index contributed by atoms with van der Waals surface area (Å²) in [5, 5.41) is 2.93. The Morgan fingerprint density at radius 2 is 1.57 bits per heavy atom. The number of unbranched alkanes of at least 4 members (excludes halogenated alkanes) is 1. The molecule has 2 amide bonds. The zero-order chi connectivity index (χ0) is 26.2. The average molecular weight is 502 g/mol. The van der Waals surface area contributed by atoms with Gasteiger partial charge in [-0.25, -0.2) is 8.42 Å². The van der Waals surface area contributed by atoms with Gasteiger partial charge in [0.25, 0.3) is 0 Å². The number of nitrogens with zero attached hydrogens (tertiary/aromatic N) is 2. The molecule has 0 saturated heterocycles. The van der Waals surface area contributed by atoms with Gasteiger partial charge in [-0.1, -0.05) is 68.3 Å². The van der Waals surface area contributed by atoms with Gasteiger partial charge in [-0.2, -0.15) is 0 Å². The Morgan fingerprint density at radius 1 is 0.971 bits per heavy atom. The molecule has 0 aliphatic heterocycles. The van der Waals surface area contributed by atoms with E-state index in [1.54, 1.807) is 0 Å². The van der Waals surface area contributed by atoms with Crippen molar-refractivity contribution in [3.05, 3.63) is 64.7 Å². The molecule has 0 spiro atoms. The van der Waals surface area contributed by atoms with Gasteiger partial charge in [0.15, 0.2) is 0 Å². The molecule has 192 valence electrons. The first-order chi connectivity index (χ1) is 16.5. The predicted molar refractivity (Wildman–Crippen MR) is 142 cm³/mol. The largest absolute Gasteiger partial charge is 0.354 e. The second-order valence-electron chi connectivity index (χ2n) is 9.09. The van der Waals surface area contributed by atoms with Gasteiger partial charge in [0, 0.05) is 13.1 Å². The molecule has 0 aromatic heterocycles. The van der Waals surface area contributed by atoms with Crippen LogP contribution in [0.1, 0.15) is 55.4 Å². The van der Waals surface area contributed by atoms with Crippen LogP contribution in [0.5, 0.6) is 0 Å². The normalized spacial score (nSPS) is 12.2. The number of carbonyl (C=O) groups is 2. The van der Waals surface area contributed by atoms with Crippen LogP contribution in [0.4, 0.5) is 5.69 Å². The number of benzene rings is 2. The maximum Gasteiger partial charge on any atom is 0.244 e. The molecule has 0 heterocycles. The van der Waals surface area contributed by atoms with Gasteiger partial charge in [0.1, 0.15) is 12.6 Å². The quantitative estimate of drug-likeness (QED) is 0.444. The first-order valence-electron chi connectivity index (χ1n) is 12.2. The minimum absolute atomic E-state index is 0.211. The number of rotatable bonds is 12. The Morgan fingerprint density at radius 3 is 2.09 bits per heavy atom. The minimum Gasteiger partial charge on any atom is -0.354 e. The Bertz CT molecular complexity index is 1090. The monoisotopic (exact) mass is 501 g/mol. The second kappa shape index (κ2) is 12.7. The van der Waals surface area contributed by atoms with Crippen molar-refractivity contribution in [2.75, 3.05) is 23.7 Å². The topological polar surface area (TPSA) is 86.8 Å². The van der Waals surface area contributed by atoms with E-state index in [1.807, 2.05) is 77.1 Å². The third kappa shape index (κ3) is 7.82. The summed E-state index contributed by atoms with van der Waals surface area (Å²) in [5.74, 6) is -0.643. The fraction of sp³-hybridized carbons (Fsp3) is 0.481. The Hall–Kier alpha value is -2.87. The lowest BCUT2D eigenvalue weighted by Gasteiger charge is -2.33. The highest BCUT2D eigenvalue weighted by atomic mass is 32.2. The van der Waals surface area contributed by atoms with Crippen molar-refractivity contribution < 1.29 is 18.0 Å². The second-order valence-corrected chi connectivity index (χ2v) is 11.0. The zero-order valence-electron chi connectivity index (χ0n) is 21.8. The van der Waals surface area contributed by atoms with E-state index in [9.17, 15) is 18.0 Å². The van der Waals surface area contributed by atoms with Crippen LogP contribution in [0.15, 0.2) is 42.5 Å². The molecule has 0 fully saturated rings. The number of aryl methyl sites for hydroxylation is 3. The summed E-state index contributed by atoms with van der Waals surface area (Å²) in [6, 6.07) is 12.6. The molecule has 1 atom stereocenters. The Labute approximate surface area is 210 Å². The van der Waals surface area contributed by atoms with Gasteiger partial charge < -0.3 is 10.2 Å². The summed E-state index contributed by atoms with van der Waals surface area (Å²) in [4.78, 5) is 28.3. The molecule has 1 unspecified atom stereocenters. The van der Waals surface area contributed by atoms with Gasteiger partial charge in [-0.3, -0.25) is 13.9 Å². The summed E-state index contributed by atoms with van der Waals surface area (Å²) in [6.45, 7) is 9.91. The number of para-hydroxylation sites is 1. The number of hydrogen-bond acceptors (Lipinski definition) is 4. The molecule has 0 radical (unpaired) electrons. The lowest BCUT2D eigenvalue weighted by Crippen LogP contribution is -2.52. The highest BCUT2D eigenvalue weighted by molar-refractivity contribution is 7.92. The van der Waals surface area contributed by atoms with Crippen LogP contribution in [0, 0.1) is 20.8 Å². The van der Waals surface area contributed by atoms with Crippen molar-refractivity contribution in [1.82, 2.24) is 10.2 Å². The Balaban J connectivity index is 2.45. The number of amides is 2. The maximum atomic E-state index is 13.7. The summed E-state index contributed by atoms with van der Waals surface area (Å²) in [5.41, 5.74) is 3.99. The zero-order valence-corrected chi connectivity index (χ0v) is 22.6. The fourth-order valence-corrected chi connectivity index (χ4v) is 5.06. The molecule has 0 saturated carbocycles. The molecule has 2 rings (SSSR count). The highest BCUT2D eigenvalue weighted by Gasteiger charge is 2.32. The van der Waals surface area contributed by atoms with Crippen LogP contribution < -0.4 is 9.62 Å². The van der Waals surface area contributed by atoms with Crippen molar-refractivity contribution in [2.24, 2.45) is 0 Å². The van der Waals surface area contributed by atoms with E-state index in [-0.39, 0.29) is 19.0 Å². The van der Waals surface area contributed by atoms with Gasteiger partial charge >= 0.3 is 0 Å². The van der Waals surface area contributed by atoms with E-state index in [2.05, 4.69) is 5.32 Å². The minimum atomic E-state index is -3.75. The van der Waals surface area contributed by atoms with E-state index in [0.29, 0.717) is 18.7 Å². The van der Waals surface area contributed by atoms with Crippen molar-refractivity contribution in [1.29, 1.82) is 0 Å². The maximum absolute atomic E-state index is 13.7. The summed E-state index contributed by atoms with van der Waals surface area (Å²) < 4.78 is 26.8. The van der Waals surface area contributed by atoms with Crippen LogP contribution in [0.2, 0.25) is 0 Å². The molecule has 0 aliphatic rings. The molecule has 0 bridgehead atoms. The summed E-state index contributed by atoms with van der Waals surface area (Å²) in [6.07, 6.45) is 3.31. The van der Waals surface area contributed by atoms with Gasteiger partial charge in [0.2, 0.25) is 21.8 Å². The van der Waals surface area contributed by atoms with Crippen molar-refractivity contribution in [3.63, 3.8) is 0 Å². The van der Waals surface area contributed by atoms with Crippen molar-refractivity contribution >= 4 is 27.5 Å². The van der Waals surface area contributed by atoms with E-state index in [1.165, 1.54) is 4.90 Å². The van der Waals surface area contributed by atoms with Gasteiger partial charge in [-0.05, 0) is 50.3 Å². The Kier molecular flexibility index (Phi) is 10.3. The summed E-state index contributed by atoms with van der Waals surface area (Å²) in [7, 11) is -3.75. The third-order valence-electron chi connectivity index (χ3n) is 6.06. The van der Waals surface area contributed by atoms with Crippen molar-refractivity contribution in [2.45, 2.75) is 66.5 Å². The van der Waals surface area contributed by atoms with E-state index in [4.69, 9.17) is 0 Å². The first-order valence-corrected chi connectivity index (χ1v) is 14.0. The standard InChI is InChI=1S/C27H39N3O4S/c1-7-9-17-28-27(32)24(8-2)29(18-23-15-13-20(3)14-16-23)25(31)19-30(35(6,33)34)26-21(4)11-10-12-22(26)5/h10-16,24H,7-9,17-19H2,1-6H3,(H,28,32). The van der Waals surface area contributed by atoms with Crippen LogP contribution in [-0.4, -0.2) is 50.5 Å². The molecule has 2 aromatic carbocycles. The third-order valence-corrected chi connectivity index (χ3v) is 7.17.